The number of carbonyl (C=O) groups excluding carboxylic acids is 1. The summed E-state index contributed by atoms with van der Waals surface area (Å²) in [6, 6.07) is 17.4. The first kappa shape index (κ1) is 19.6. The van der Waals surface area contributed by atoms with Crippen LogP contribution < -0.4 is 15.5 Å². The number of hydrogen-bond donors (Lipinski definition) is 1. The highest BCUT2D eigenvalue weighted by Crippen LogP contribution is 2.31. The number of methoxy groups -OCH3 is 1. The number of amides is 1. The average molecular weight is 425 g/mol. The predicted octanol–water partition coefficient (Wildman–Crippen LogP) is 4.68. The van der Waals surface area contributed by atoms with E-state index in [2.05, 4.69) is 10.3 Å². The minimum absolute atomic E-state index is 0.0793. The van der Waals surface area contributed by atoms with Gasteiger partial charge in [0.15, 0.2) is 11.2 Å². The third kappa shape index (κ3) is 3.50. The summed E-state index contributed by atoms with van der Waals surface area (Å²) in [5, 5.41) is 3.21. The van der Waals surface area contributed by atoms with Crippen molar-refractivity contribution in [1.29, 1.82) is 0 Å². The van der Waals surface area contributed by atoms with Crippen LogP contribution in [-0.4, -0.2) is 22.4 Å². The number of fused-ring (bicyclic) bond motifs is 2. The van der Waals surface area contributed by atoms with Gasteiger partial charge in [-0.2, -0.15) is 0 Å². The van der Waals surface area contributed by atoms with Gasteiger partial charge in [-0.1, -0.05) is 12.1 Å². The summed E-state index contributed by atoms with van der Waals surface area (Å²) in [6.07, 6.45) is 3.87. The number of nitrogens with zero attached hydrogens (tertiary/aromatic N) is 2. The van der Waals surface area contributed by atoms with Gasteiger partial charge in [-0.25, -0.2) is 4.98 Å². The molecule has 2 aromatic carbocycles. The first-order chi connectivity index (χ1) is 15.5. The topological polar surface area (TPSA) is 85.8 Å². The molecule has 0 fully saturated rings. The van der Waals surface area contributed by atoms with E-state index in [1.165, 1.54) is 13.2 Å². The number of para-hydroxylation sites is 1. The third-order valence-electron chi connectivity index (χ3n) is 5.22. The molecule has 32 heavy (non-hydrogen) atoms. The second kappa shape index (κ2) is 7.70. The van der Waals surface area contributed by atoms with Gasteiger partial charge in [0.1, 0.15) is 17.0 Å². The van der Waals surface area contributed by atoms with Gasteiger partial charge in [0, 0.05) is 24.0 Å². The molecule has 0 unspecified atom stereocenters. The Hall–Kier alpha value is -4.39. The maximum absolute atomic E-state index is 12.9. The largest absolute Gasteiger partial charge is 0.495 e. The van der Waals surface area contributed by atoms with Crippen LogP contribution in [-0.2, 0) is 0 Å². The van der Waals surface area contributed by atoms with Crippen molar-refractivity contribution in [3.63, 3.8) is 0 Å². The Morgan fingerprint density at radius 3 is 2.78 bits per heavy atom. The lowest BCUT2D eigenvalue weighted by atomic mass is 10.1. The number of ether oxygens (including phenoxy) is 1. The summed E-state index contributed by atoms with van der Waals surface area (Å²) in [5.41, 5.74) is 4.03. The maximum Gasteiger partial charge on any atom is 0.291 e. The molecule has 0 saturated carbocycles. The lowest BCUT2D eigenvalue weighted by Crippen LogP contribution is -2.15. The number of benzene rings is 2. The van der Waals surface area contributed by atoms with E-state index in [-0.39, 0.29) is 11.2 Å². The first-order valence-electron chi connectivity index (χ1n) is 10.00. The van der Waals surface area contributed by atoms with Crippen molar-refractivity contribution >= 4 is 28.2 Å². The Kier molecular flexibility index (Phi) is 4.71. The average Bonchev–Trinajstić information content (AvgIpc) is 3.22. The highest BCUT2D eigenvalue weighted by Gasteiger charge is 2.16. The summed E-state index contributed by atoms with van der Waals surface area (Å²) in [6.45, 7) is 2.01. The molecule has 0 spiro atoms. The molecule has 1 N–H and O–H groups in total. The van der Waals surface area contributed by atoms with Gasteiger partial charge in [0.2, 0.25) is 0 Å². The Balaban J connectivity index is 1.51. The molecule has 1 amide bonds. The Labute approximate surface area is 182 Å². The molecule has 0 aliphatic rings. The van der Waals surface area contributed by atoms with E-state index < -0.39 is 5.91 Å². The molecule has 0 bridgehead atoms. The second-order valence-corrected chi connectivity index (χ2v) is 7.44. The Bertz CT molecular complexity index is 1550. The number of carbonyl (C=O) groups is 1. The predicted molar refractivity (Wildman–Crippen MR) is 122 cm³/mol. The van der Waals surface area contributed by atoms with E-state index in [0.717, 1.165) is 22.5 Å². The third-order valence-corrected chi connectivity index (χ3v) is 5.22. The molecule has 158 valence electrons. The van der Waals surface area contributed by atoms with E-state index in [1.54, 1.807) is 36.4 Å². The van der Waals surface area contributed by atoms with Gasteiger partial charge in [0.05, 0.1) is 23.9 Å². The molecule has 5 rings (SSSR count). The van der Waals surface area contributed by atoms with Gasteiger partial charge in [0.25, 0.3) is 5.91 Å². The molecule has 5 aromatic rings. The molecule has 3 heterocycles. The van der Waals surface area contributed by atoms with Crippen molar-refractivity contribution < 1.29 is 13.9 Å². The summed E-state index contributed by atoms with van der Waals surface area (Å²) < 4.78 is 13.0. The van der Waals surface area contributed by atoms with Crippen LogP contribution in [0.3, 0.4) is 0 Å². The number of anilines is 1. The minimum Gasteiger partial charge on any atom is -0.495 e. The molecule has 0 aliphatic carbocycles. The molecular weight excluding hydrogens is 406 g/mol. The van der Waals surface area contributed by atoms with E-state index in [1.807, 2.05) is 41.9 Å². The maximum atomic E-state index is 12.9. The van der Waals surface area contributed by atoms with Crippen LogP contribution in [0.1, 0.15) is 16.1 Å². The standard InChI is InChI=1S/C25H19N3O4/c1-15-9-10-28-14-19(26-24(28)11-15)16-7-8-22(31-2)18(12-16)27-25(30)23-13-20(29)17-5-3-4-6-21(17)32-23/h3-14H,1-2H3,(H,27,30). The first-order valence-corrected chi connectivity index (χ1v) is 10.00. The molecule has 0 aliphatic heterocycles. The summed E-state index contributed by atoms with van der Waals surface area (Å²) in [5.74, 6) is -0.150. The van der Waals surface area contributed by atoms with Gasteiger partial charge in [-0.05, 0) is 55.0 Å². The molecule has 0 radical (unpaired) electrons. The monoisotopic (exact) mass is 425 g/mol. The highest BCUT2D eigenvalue weighted by molar-refractivity contribution is 6.04. The van der Waals surface area contributed by atoms with E-state index in [4.69, 9.17) is 9.15 Å². The normalized spacial score (nSPS) is 11.1. The molecular formula is C25H19N3O4. The smallest absolute Gasteiger partial charge is 0.291 e. The van der Waals surface area contributed by atoms with E-state index >= 15 is 0 Å². The number of hydrogen-bond acceptors (Lipinski definition) is 5. The van der Waals surface area contributed by atoms with Crippen molar-refractivity contribution in [2.45, 2.75) is 6.92 Å². The van der Waals surface area contributed by atoms with Crippen LogP contribution in [0.4, 0.5) is 5.69 Å². The number of aromatic nitrogens is 2. The second-order valence-electron chi connectivity index (χ2n) is 7.44. The lowest BCUT2D eigenvalue weighted by Gasteiger charge is -2.11. The Morgan fingerprint density at radius 2 is 1.94 bits per heavy atom. The van der Waals surface area contributed by atoms with Crippen LogP contribution in [0.5, 0.6) is 5.75 Å². The lowest BCUT2D eigenvalue weighted by molar-refractivity contribution is 0.0997. The van der Waals surface area contributed by atoms with Crippen molar-refractivity contribution in [1.82, 2.24) is 9.38 Å². The van der Waals surface area contributed by atoms with Crippen LogP contribution in [0.25, 0.3) is 27.9 Å². The fourth-order valence-electron chi connectivity index (χ4n) is 3.59. The van der Waals surface area contributed by atoms with Gasteiger partial charge < -0.3 is 18.9 Å². The van der Waals surface area contributed by atoms with E-state index in [0.29, 0.717) is 22.4 Å². The van der Waals surface area contributed by atoms with Crippen LogP contribution in [0.15, 0.2) is 82.3 Å². The quantitative estimate of drug-likeness (QED) is 0.452. The summed E-state index contributed by atoms with van der Waals surface area (Å²) in [4.78, 5) is 29.9. The zero-order valence-electron chi connectivity index (χ0n) is 17.5. The molecule has 7 nitrogen and oxygen atoms in total. The SMILES string of the molecule is COc1ccc(-c2cn3ccc(C)cc3n2)cc1NC(=O)c1cc(=O)c2ccccc2o1. The van der Waals surface area contributed by atoms with Gasteiger partial charge in [-0.3, -0.25) is 9.59 Å². The van der Waals surface area contributed by atoms with Crippen molar-refractivity contribution in [3.05, 3.63) is 94.6 Å². The van der Waals surface area contributed by atoms with E-state index in [9.17, 15) is 9.59 Å². The molecule has 3 aromatic heterocycles. The van der Waals surface area contributed by atoms with Crippen LogP contribution >= 0.6 is 0 Å². The number of nitrogens with one attached hydrogen (secondary N) is 1. The van der Waals surface area contributed by atoms with Gasteiger partial charge >= 0.3 is 0 Å². The molecule has 7 heteroatoms. The summed E-state index contributed by atoms with van der Waals surface area (Å²) in [7, 11) is 1.52. The fraction of sp³-hybridized carbons (Fsp3) is 0.0800. The number of rotatable bonds is 4. The van der Waals surface area contributed by atoms with Crippen LogP contribution in [0.2, 0.25) is 0 Å². The number of aryl methyl sites for hydroxylation is 1. The zero-order chi connectivity index (χ0) is 22.2. The van der Waals surface area contributed by atoms with Crippen molar-refractivity contribution in [3.8, 4) is 17.0 Å². The Morgan fingerprint density at radius 1 is 1.09 bits per heavy atom. The van der Waals surface area contributed by atoms with Crippen molar-refractivity contribution in [2.24, 2.45) is 0 Å². The highest BCUT2D eigenvalue weighted by atomic mass is 16.5. The molecule has 0 atom stereocenters. The van der Waals surface area contributed by atoms with Crippen molar-refractivity contribution in [2.75, 3.05) is 12.4 Å². The fourth-order valence-corrected chi connectivity index (χ4v) is 3.59. The van der Waals surface area contributed by atoms with Crippen LogP contribution in [0, 0.1) is 6.92 Å². The number of imidazole rings is 1. The summed E-state index contributed by atoms with van der Waals surface area (Å²) >= 11 is 0. The minimum atomic E-state index is -0.547. The van der Waals surface area contributed by atoms with Gasteiger partial charge in [-0.15, -0.1) is 0 Å². The number of pyridine rings is 1. The molecule has 0 saturated heterocycles. The zero-order valence-corrected chi connectivity index (χ0v) is 17.5.